The highest BCUT2D eigenvalue weighted by atomic mass is 32.1. The molecule has 0 saturated heterocycles. The molecule has 3 aromatic rings. The van der Waals surface area contributed by atoms with E-state index in [9.17, 15) is 18.0 Å². The number of hydrogen-bond acceptors (Lipinski definition) is 6. The van der Waals surface area contributed by atoms with Gasteiger partial charge in [0.2, 0.25) is 6.79 Å². The Morgan fingerprint density at radius 2 is 2.00 bits per heavy atom. The lowest BCUT2D eigenvalue weighted by atomic mass is 10.1. The van der Waals surface area contributed by atoms with Gasteiger partial charge in [0.1, 0.15) is 5.69 Å². The van der Waals surface area contributed by atoms with Gasteiger partial charge >= 0.3 is 6.18 Å². The fraction of sp³-hybridized carbons (Fsp3) is 0.118. The molecule has 1 aliphatic heterocycles. The fourth-order valence-corrected chi connectivity index (χ4v) is 3.21. The molecule has 4 rings (SSSR count). The standard InChI is InChI=1S/C17H10F3N3O3S/c18-17(19,20)10-2-1-5-21-14(10)15(24)23-16-22-11(7-27-16)9-3-4-12-13(6-9)26-8-25-12/h1-7H,8H2,(H,22,23,24). The number of amides is 1. The zero-order chi connectivity index (χ0) is 19.0. The molecule has 0 bridgehead atoms. The van der Waals surface area contributed by atoms with Crippen molar-refractivity contribution >= 4 is 22.4 Å². The topological polar surface area (TPSA) is 73.3 Å². The third-order valence-electron chi connectivity index (χ3n) is 3.72. The number of aromatic nitrogens is 2. The van der Waals surface area contributed by atoms with Gasteiger partial charge in [-0.1, -0.05) is 0 Å². The van der Waals surface area contributed by atoms with Gasteiger partial charge in [0, 0.05) is 17.1 Å². The molecule has 0 fully saturated rings. The number of carbonyl (C=O) groups excluding carboxylic acids is 1. The van der Waals surface area contributed by atoms with Crippen LogP contribution in [0.4, 0.5) is 18.3 Å². The summed E-state index contributed by atoms with van der Waals surface area (Å²) in [7, 11) is 0. The molecule has 1 N–H and O–H groups in total. The van der Waals surface area contributed by atoms with E-state index in [1.165, 1.54) is 0 Å². The summed E-state index contributed by atoms with van der Waals surface area (Å²) in [5, 5.41) is 4.20. The van der Waals surface area contributed by atoms with E-state index in [4.69, 9.17) is 9.47 Å². The lowest BCUT2D eigenvalue weighted by Gasteiger charge is -2.10. The second-order valence-electron chi connectivity index (χ2n) is 5.46. The third kappa shape index (κ3) is 3.43. The maximum atomic E-state index is 13.0. The minimum atomic E-state index is -4.68. The largest absolute Gasteiger partial charge is 0.454 e. The summed E-state index contributed by atoms with van der Waals surface area (Å²) in [5.74, 6) is 0.223. The van der Waals surface area contributed by atoms with E-state index in [-0.39, 0.29) is 11.9 Å². The van der Waals surface area contributed by atoms with E-state index in [1.807, 2.05) is 0 Å². The van der Waals surface area contributed by atoms with Crippen molar-refractivity contribution in [1.82, 2.24) is 9.97 Å². The van der Waals surface area contributed by atoms with E-state index in [0.717, 1.165) is 35.2 Å². The Bertz CT molecular complexity index is 1020. The number of benzene rings is 1. The van der Waals surface area contributed by atoms with Gasteiger partial charge in [-0.05, 0) is 30.3 Å². The Morgan fingerprint density at radius 1 is 1.19 bits per heavy atom. The van der Waals surface area contributed by atoms with Crippen LogP contribution in [0.3, 0.4) is 0 Å². The first kappa shape index (κ1) is 17.3. The zero-order valence-electron chi connectivity index (χ0n) is 13.4. The number of carbonyl (C=O) groups is 1. The second kappa shape index (κ2) is 6.54. The first-order valence-corrected chi connectivity index (χ1v) is 8.49. The Morgan fingerprint density at radius 3 is 2.81 bits per heavy atom. The predicted molar refractivity (Wildman–Crippen MR) is 90.9 cm³/mol. The van der Waals surface area contributed by atoms with E-state index < -0.39 is 23.3 Å². The van der Waals surface area contributed by atoms with Crippen LogP contribution in [0.2, 0.25) is 0 Å². The monoisotopic (exact) mass is 393 g/mol. The fourth-order valence-electron chi connectivity index (χ4n) is 2.49. The van der Waals surface area contributed by atoms with Crippen molar-refractivity contribution in [3.63, 3.8) is 0 Å². The van der Waals surface area contributed by atoms with Crippen LogP contribution in [0.5, 0.6) is 11.5 Å². The molecule has 138 valence electrons. The van der Waals surface area contributed by atoms with Crippen molar-refractivity contribution in [3.8, 4) is 22.8 Å². The van der Waals surface area contributed by atoms with Crippen molar-refractivity contribution in [1.29, 1.82) is 0 Å². The van der Waals surface area contributed by atoms with Gasteiger partial charge in [-0.3, -0.25) is 15.1 Å². The summed E-state index contributed by atoms with van der Waals surface area (Å²) in [6, 6.07) is 7.18. The van der Waals surface area contributed by atoms with E-state index >= 15 is 0 Å². The van der Waals surface area contributed by atoms with Crippen LogP contribution in [0.15, 0.2) is 41.9 Å². The average molecular weight is 393 g/mol. The molecule has 3 heterocycles. The van der Waals surface area contributed by atoms with Gasteiger partial charge in [0.15, 0.2) is 16.6 Å². The van der Waals surface area contributed by atoms with Gasteiger partial charge in [-0.25, -0.2) is 4.98 Å². The molecule has 2 aromatic heterocycles. The van der Waals surface area contributed by atoms with Crippen molar-refractivity contribution in [3.05, 3.63) is 53.2 Å². The Hall–Kier alpha value is -3.14. The van der Waals surface area contributed by atoms with Crippen molar-refractivity contribution < 1.29 is 27.4 Å². The Labute approximate surface area is 154 Å². The smallest absolute Gasteiger partial charge is 0.418 e. The van der Waals surface area contributed by atoms with E-state index in [1.54, 1.807) is 23.6 Å². The average Bonchev–Trinajstić information content (AvgIpc) is 3.29. The molecule has 0 atom stereocenters. The number of fused-ring (bicyclic) bond motifs is 1. The van der Waals surface area contributed by atoms with Crippen LogP contribution >= 0.6 is 11.3 Å². The second-order valence-corrected chi connectivity index (χ2v) is 6.32. The van der Waals surface area contributed by atoms with Crippen LogP contribution in [-0.2, 0) is 6.18 Å². The van der Waals surface area contributed by atoms with Gasteiger partial charge in [-0.15, -0.1) is 11.3 Å². The highest BCUT2D eigenvalue weighted by Crippen LogP contribution is 2.37. The molecule has 1 aromatic carbocycles. The van der Waals surface area contributed by atoms with Gasteiger partial charge in [0.05, 0.1) is 11.3 Å². The number of alkyl halides is 3. The quantitative estimate of drug-likeness (QED) is 0.722. The maximum Gasteiger partial charge on any atom is 0.418 e. The summed E-state index contributed by atoms with van der Waals surface area (Å²) >= 11 is 1.09. The highest BCUT2D eigenvalue weighted by Gasteiger charge is 2.36. The number of rotatable bonds is 3. The van der Waals surface area contributed by atoms with Gasteiger partial charge in [0.25, 0.3) is 5.91 Å². The molecule has 0 spiro atoms. The Kier molecular flexibility index (Phi) is 4.19. The number of halogens is 3. The third-order valence-corrected chi connectivity index (χ3v) is 4.48. The molecular weight excluding hydrogens is 383 g/mol. The van der Waals surface area contributed by atoms with Crippen LogP contribution in [-0.4, -0.2) is 22.7 Å². The summed E-state index contributed by atoms with van der Waals surface area (Å²) in [4.78, 5) is 20.0. The first-order valence-electron chi connectivity index (χ1n) is 7.61. The molecule has 0 radical (unpaired) electrons. The van der Waals surface area contributed by atoms with Crippen LogP contribution in [0.25, 0.3) is 11.3 Å². The summed E-state index contributed by atoms with van der Waals surface area (Å²) in [6.07, 6.45) is -3.55. The number of hydrogen-bond donors (Lipinski definition) is 1. The first-order chi connectivity index (χ1) is 12.9. The minimum Gasteiger partial charge on any atom is -0.454 e. The molecule has 0 saturated carbocycles. The van der Waals surface area contributed by atoms with Crippen LogP contribution in [0, 0.1) is 0 Å². The summed E-state index contributed by atoms with van der Waals surface area (Å²) < 4.78 is 49.6. The van der Waals surface area contributed by atoms with Crippen molar-refractivity contribution in [2.45, 2.75) is 6.18 Å². The Balaban J connectivity index is 1.56. The number of anilines is 1. The normalized spacial score (nSPS) is 12.9. The number of nitrogens with one attached hydrogen (secondary N) is 1. The SMILES string of the molecule is O=C(Nc1nc(-c2ccc3c(c2)OCO3)cs1)c1ncccc1C(F)(F)F. The van der Waals surface area contributed by atoms with E-state index in [2.05, 4.69) is 15.3 Å². The molecule has 0 unspecified atom stereocenters. The van der Waals surface area contributed by atoms with E-state index in [0.29, 0.717) is 17.2 Å². The van der Waals surface area contributed by atoms with Crippen molar-refractivity contribution in [2.24, 2.45) is 0 Å². The molecule has 10 heteroatoms. The lowest BCUT2D eigenvalue weighted by molar-refractivity contribution is -0.138. The number of nitrogens with zero attached hydrogens (tertiary/aromatic N) is 2. The number of thiazole rings is 1. The number of pyridine rings is 1. The molecule has 6 nitrogen and oxygen atoms in total. The van der Waals surface area contributed by atoms with Crippen LogP contribution < -0.4 is 14.8 Å². The molecule has 1 aliphatic rings. The maximum absolute atomic E-state index is 13.0. The minimum absolute atomic E-state index is 0.142. The molecule has 1 amide bonds. The summed E-state index contributed by atoms with van der Waals surface area (Å²) in [6.45, 7) is 0.142. The number of ether oxygens (including phenoxy) is 2. The van der Waals surface area contributed by atoms with Crippen LogP contribution in [0.1, 0.15) is 16.1 Å². The van der Waals surface area contributed by atoms with Crippen molar-refractivity contribution in [2.75, 3.05) is 12.1 Å². The zero-order valence-corrected chi connectivity index (χ0v) is 14.2. The molecular formula is C17H10F3N3O3S. The van der Waals surface area contributed by atoms with Gasteiger partial charge < -0.3 is 9.47 Å². The summed E-state index contributed by atoms with van der Waals surface area (Å²) in [5.41, 5.74) is -0.532. The molecule has 0 aliphatic carbocycles. The molecule has 27 heavy (non-hydrogen) atoms. The highest BCUT2D eigenvalue weighted by molar-refractivity contribution is 7.14. The van der Waals surface area contributed by atoms with Gasteiger partial charge in [-0.2, -0.15) is 13.2 Å². The lowest BCUT2D eigenvalue weighted by Crippen LogP contribution is -2.20. The predicted octanol–water partition coefficient (Wildman–Crippen LogP) is 4.20.